The first-order valence-electron chi connectivity index (χ1n) is 13.2. The average Bonchev–Trinajstić information content (AvgIpc) is 3.20. The molecule has 0 spiro atoms. The Bertz CT molecular complexity index is 1090. The Morgan fingerprint density at radius 1 is 1.06 bits per heavy atom. The van der Waals surface area contributed by atoms with Gasteiger partial charge in [-0.25, -0.2) is 0 Å². The summed E-state index contributed by atoms with van der Waals surface area (Å²) in [7, 11) is 1.65. The van der Waals surface area contributed by atoms with E-state index in [0.29, 0.717) is 24.1 Å². The second kappa shape index (κ2) is 8.94. The summed E-state index contributed by atoms with van der Waals surface area (Å²) in [6, 6.07) is 8.17. The summed E-state index contributed by atoms with van der Waals surface area (Å²) < 4.78 is 7.51. The Hall–Kier alpha value is -2.50. The summed E-state index contributed by atoms with van der Waals surface area (Å²) >= 11 is 0. The van der Waals surface area contributed by atoms with Gasteiger partial charge in [0.25, 0.3) is 5.91 Å². The lowest BCUT2D eigenvalue weighted by Gasteiger charge is -2.52. The summed E-state index contributed by atoms with van der Waals surface area (Å²) in [4.78, 5) is 30.2. The zero-order valence-electron chi connectivity index (χ0n) is 21.1. The van der Waals surface area contributed by atoms with Gasteiger partial charge in [-0.3, -0.25) is 9.59 Å². The lowest BCUT2D eigenvalue weighted by atomic mass is 9.75. The SMILES string of the molecule is COc1ccc2cc3n(c2c1)C[C@](C)(C(=O)NC1CCCCC1)N([C@@H]1CCC[C@@H](C)[C@H]1C)C3=O. The van der Waals surface area contributed by atoms with Crippen LogP contribution >= 0.6 is 0 Å². The molecule has 2 saturated carbocycles. The van der Waals surface area contributed by atoms with Crippen LogP contribution < -0.4 is 10.1 Å². The van der Waals surface area contributed by atoms with E-state index in [1.54, 1.807) is 7.11 Å². The number of carbonyl (C=O) groups excluding carboxylic acids is 2. The molecule has 4 atom stereocenters. The molecule has 1 aromatic heterocycles. The number of ether oxygens (including phenoxy) is 1. The lowest BCUT2D eigenvalue weighted by molar-refractivity contribution is -0.136. The van der Waals surface area contributed by atoms with E-state index in [0.717, 1.165) is 55.2 Å². The highest BCUT2D eigenvalue weighted by Crippen LogP contribution is 2.41. The predicted molar refractivity (Wildman–Crippen MR) is 134 cm³/mol. The van der Waals surface area contributed by atoms with Gasteiger partial charge in [0.05, 0.1) is 19.2 Å². The van der Waals surface area contributed by atoms with Crippen molar-refractivity contribution in [2.45, 2.75) is 96.3 Å². The number of aromatic nitrogens is 1. The van der Waals surface area contributed by atoms with Crippen molar-refractivity contribution in [3.05, 3.63) is 30.0 Å². The topological polar surface area (TPSA) is 63.6 Å². The van der Waals surface area contributed by atoms with E-state index in [2.05, 4.69) is 19.2 Å². The Balaban J connectivity index is 1.59. The normalized spacial score (nSPS) is 30.3. The van der Waals surface area contributed by atoms with Crippen LogP contribution in [0.25, 0.3) is 10.9 Å². The van der Waals surface area contributed by atoms with Gasteiger partial charge in [0, 0.05) is 23.5 Å². The molecule has 1 aliphatic heterocycles. The quantitative estimate of drug-likeness (QED) is 0.680. The van der Waals surface area contributed by atoms with Crippen LogP contribution in [0.2, 0.25) is 0 Å². The fourth-order valence-electron chi connectivity index (χ4n) is 6.64. The summed E-state index contributed by atoms with van der Waals surface area (Å²) in [6.07, 6.45) is 8.86. The van der Waals surface area contributed by atoms with Gasteiger partial charge >= 0.3 is 0 Å². The number of benzene rings is 1. The second-order valence-electron chi connectivity index (χ2n) is 11.1. The molecule has 1 aromatic carbocycles. The van der Waals surface area contributed by atoms with Crippen LogP contribution in [0, 0.1) is 11.8 Å². The molecule has 0 radical (unpaired) electrons. The van der Waals surface area contributed by atoms with Gasteiger partial charge in [-0.15, -0.1) is 0 Å². The number of hydrogen-bond donors (Lipinski definition) is 1. The van der Waals surface area contributed by atoms with Crippen LogP contribution in [0.3, 0.4) is 0 Å². The molecule has 2 fully saturated rings. The number of nitrogens with zero attached hydrogens (tertiary/aromatic N) is 2. The number of amides is 2. The number of methoxy groups -OCH3 is 1. The highest BCUT2D eigenvalue weighted by atomic mass is 16.5. The molecule has 6 nitrogen and oxygen atoms in total. The molecule has 0 saturated heterocycles. The van der Waals surface area contributed by atoms with E-state index in [1.807, 2.05) is 40.7 Å². The molecule has 5 rings (SSSR count). The van der Waals surface area contributed by atoms with Crippen molar-refractivity contribution < 1.29 is 14.3 Å². The number of hydrogen-bond acceptors (Lipinski definition) is 3. The maximum Gasteiger partial charge on any atom is 0.271 e. The molecule has 2 amide bonds. The maximum absolute atomic E-state index is 14.2. The maximum atomic E-state index is 14.2. The van der Waals surface area contributed by atoms with Crippen LogP contribution in [0.4, 0.5) is 0 Å². The Labute approximate surface area is 203 Å². The van der Waals surface area contributed by atoms with Crippen molar-refractivity contribution in [2.75, 3.05) is 7.11 Å². The summed E-state index contributed by atoms with van der Waals surface area (Å²) in [5, 5.41) is 4.37. The molecule has 6 heteroatoms. The van der Waals surface area contributed by atoms with Crippen LogP contribution in [-0.4, -0.2) is 46.0 Å². The monoisotopic (exact) mass is 465 g/mol. The highest BCUT2D eigenvalue weighted by molar-refractivity contribution is 6.04. The van der Waals surface area contributed by atoms with Gasteiger partial charge in [0.15, 0.2) is 0 Å². The minimum Gasteiger partial charge on any atom is -0.497 e. The fourth-order valence-corrected chi connectivity index (χ4v) is 6.64. The van der Waals surface area contributed by atoms with Crippen molar-refractivity contribution in [2.24, 2.45) is 11.8 Å². The van der Waals surface area contributed by atoms with E-state index in [1.165, 1.54) is 12.8 Å². The molecule has 184 valence electrons. The van der Waals surface area contributed by atoms with Gasteiger partial charge < -0.3 is 19.5 Å². The minimum atomic E-state index is -0.938. The average molecular weight is 466 g/mol. The van der Waals surface area contributed by atoms with Crippen molar-refractivity contribution >= 4 is 22.7 Å². The van der Waals surface area contributed by atoms with Crippen LogP contribution in [-0.2, 0) is 11.3 Å². The van der Waals surface area contributed by atoms with Gasteiger partial charge in [0.1, 0.15) is 17.0 Å². The third-order valence-electron chi connectivity index (χ3n) is 8.97. The Morgan fingerprint density at radius 3 is 2.56 bits per heavy atom. The molecule has 3 aliphatic rings. The molecule has 0 unspecified atom stereocenters. The van der Waals surface area contributed by atoms with Crippen LogP contribution in [0.5, 0.6) is 5.75 Å². The number of carbonyl (C=O) groups is 2. The van der Waals surface area contributed by atoms with Gasteiger partial charge in [0.2, 0.25) is 5.91 Å². The largest absolute Gasteiger partial charge is 0.497 e. The smallest absolute Gasteiger partial charge is 0.271 e. The second-order valence-corrected chi connectivity index (χ2v) is 11.1. The van der Waals surface area contributed by atoms with E-state index < -0.39 is 5.54 Å². The van der Waals surface area contributed by atoms with Gasteiger partial charge in [-0.05, 0) is 56.2 Å². The zero-order chi connectivity index (χ0) is 24.0. The third kappa shape index (κ3) is 3.79. The van der Waals surface area contributed by atoms with Crippen molar-refractivity contribution in [3.63, 3.8) is 0 Å². The molecule has 2 aromatic rings. The zero-order valence-corrected chi connectivity index (χ0v) is 21.1. The molecular formula is C28H39N3O3. The first kappa shape index (κ1) is 23.3. The number of fused-ring (bicyclic) bond motifs is 3. The molecule has 0 bridgehead atoms. The van der Waals surface area contributed by atoms with Crippen LogP contribution in [0.15, 0.2) is 24.3 Å². The summed E-state index contributed by atoms with van der Waals surface area (Å²) in [6.45, 7) is 7.00. The molecular weight excluding hydrogens is 426 g/mol. The Kier molecular flexibility index (Phi) is 6.11. The Morgan fingerprint density at radius 2 is 1.82 bits per heavy atom. The first-order valence-corrected chi connectivity index (χ1v) is 13.2. The number of rotatable bonds is 4. The standard InChI is InChI=1S/C28H39N3O3/c1-18-9-8-12-23(19(18)2)31-26(32)25-15-20-13-14-22(34-4)16-24(20)30(25)17-28(31,3)27(33)29-21-10-6-5-7-11-21/h13-16,18-19,21,23H,5-12,17H2,1-4H3,(H,29,33)/t18-,19-,23-,28-/m1/s1. The van der Waals surface area contributed by atoms with Crippen LogP contribution in [0.1, 0.15) is 82.6 Å². The third-order valence-corrected chi connectivity index (χ3v) is 8.97. The predicted octanol–water partition coefficient (Wildman–Crippen LogP) is 5.14. The minimum absolute atomic E-state index is 0.00595. The molecule has 34 heavy (non-hydrogen) atoms. The van der Waals surface area contributed by atoms with E-state index >= 15 is 0 Å². The van der Waals surface area contributed by atoms with E-state index in [-0.39, 0.29) is 23.9 Å². The fraction of sp³-hybridized carbons (Fsp3) is 0.643. The van der Waals surface area contributed by atoms with Gasteiger partial charge in [-0.1, -0.05) is 46.0 Å². The van der Waals surface area contributed by atoms with Crippen molar-refractivity contribution in [3.8, 4) is 5.75 Å². The lowest BCUT2D eigenvalue weighted by Crippen LogP contribution is -2.68. The molecule has 2 heterocycles. The highest BCUT2D eigenvalue weighted by Gasteiger charge is 2.52. The van der Waals surface area contributed by atoms with Crippen molar-refractivity contribution in [1.29, 1.82) is 0 Å². The summed E-state index contributed by atoms with van der Waals surface area (Å²) in [5.41, 5.74) is 0.688. The van der Waals surface area contributed by atoms with E-state index in [4.69, 9.17) is 4.74 Å². The molecule has 1 N–H and O–H groups in total. The molecule has 2 aliphatic carbocycles. The van der Waals surface area contributed by atoms with E-state index in [9.17, 15) is 9.59 Å². The van der Waals surface area contributed by atoms with Gasteiger partial charge in [-0.2, -0.15) is 0 Å². The number of nitrogens with one attached hydrogen (secondary N) is 1. The first-order chi connectivity index (χ1) is 16.3. The van der Waals surface area contributed by atoms with Crippen molar-refractivity contribution in [1.82, 2.24) is 14.8 Å². The summed E-state index contributed by atoms with van der Waals surface area (Å²) in [5.74, 6) is 1.62.